The van der Waals surface area contributed by atoms with E-state index in [1.54, 1.807) is 6.07 Å². The van der Waals surface area contributed by atoms with Gasteiger partial charge in [-0.1, -0.05) is 54.6 Å². The molecule has 0 amide bonds. The van der Waals surface area contributed by atoms with Crippen LogP contribution in [0, 0.1) is 0 Å². The van der Waals surface area contributed by atoms with Crippen LogP contribution >= 0.6 is 0 Å². The molecule has 0 bridgehead atoms. The summed E-state index contributed by atoms with van der Waals surface area (Å²) < 4.78 is 28.4. The number of benzene rings is 3. The molecule has 0 unspecified atom stereocenters. The molecule has 132 valence electrons. The zero-order valence-corrected chi connectivity index (χ0v) is 15.3. The maximum Gasteiger partial charge on any atom is 0.301 e. The van der Waals surface area contributed by atoms with Gasteiger partial charge in [-0.3, -0.25) is 4.72 Å². The Morgan fingerprint density at radius 3 is 2.27 bits per heavy atom. The maximum atomic E-state index is 12.3. The van der Waals surface area contributed by atoms with E-state index in [1.165, 1.54) is 14.1 Å². The Morgan fingerprint density at radius 1 is 0.808 bits per heavy atom. The fraction of sp³-hybridized carbons (Fsp3) is 0.100. The molecule has 26 heavy (non-hydrogen) atoms. The van der Waals surface area contributed by atoms with Gasteiger partial charge in [0.15, 0.2) is 0 Å². The average Bonchev–Trinajstić information content (AvgIpc) is 3.01. The molecule has 0 aliphatic carbocycles. The molecule has 0 saturated heterocycles. The van der Waals surface area contributed by atoms with Crippen molar-refractivity contribution in [2.75, 3.05) is 18.8 Å². The number of hydrogen-bond acceptors (Lipinski definition) is 2. The second kappa shape index (κ2) is 6.16. The lowest BCUT2D eigenvalue weighted by molar-refractivity contribution is 0.527. The topological polar surface area (TPSA) is 65.2 Å². The van der Waals surface area contributed by atoms with Gasteiger partial charge in [0.1, 0.15) is 0 Å². The second-order valence-electron chi connectivity index (χ2n) is 6.33. The van der Waals surface area contributed by atoms with E-state index in [4.69, 9.17) is 0 Å². The van der Waals surface area contributed by atoms with E-state index in [1.807, 2.05) is 48.5 Å². The van der Waals surface area contributed by atoms with Gasteiger partial charge in [-0.15, -0.1) is 0 Å². The van der Waals surface area contributed by atoms with Crippen LogP contribution in [-0.4, -0.2) is 31.8 Å². The van der Waals surface area contributed by atoms with Crippen LogP contribution in [0.15, 0.2) is 66.7 Å². The van der Waals surface area contributed by atoms with E-state index in [2.05, 4.69) is 21.8 Å². The van der Waals surface area contributed by atoms with Crippen molar-refractivity contribution in [3.63, 3.8) is 0 Å². The Morgan fingerprint density at radius 2 is 1.46 bits per heavy atom. The molecule has 1 heterocycles. The van der Waals surface area contributed by atoms with Crippen LogP contribution in [0.2, 0.25) is 0 Å². The van der Waals surface area contributed by atoms with E-state index < -0.39 is 10.2 Å². The number of hydrogen-bond donors (Lipinski definition) is 2. The zero-order valence-electron chi connectivity index (χ0n) is 14.5. The fourth-order valence-corrected chi connectivity index (χ4v) is 3.77. The van der Waals surface area contributed by atoms with Crippen LogP contribution in [0.1, 0.15) is 0 Å². The minimum atomic E-state index is -3.59. The van der Waals surface area contributed by atoms with Crippen LogP contribution in [-0.2, 0) is 10.2 Å². The molecule has 0 saturated carbocycles. The molecule has 0 aliphatic heterocycles. The number of H-pyrrole nitrogens is 1. The molecule has 0 aliphatic rings. The van der Waals surface area contributed by atoms with Gasteiger partial charge in [-0.25, -0.2) is 0 Å². The predicted octanol–water partition coefficient (Wildman–Crippen LogP) is 4.21. The van der Waals surface area contributed by atoms with E-state index >= 15 is 0 Å². The molecule has 0 atom stereocenters. The summed E-state index contributed by atoms with van der Waals surface area (Å²) in [6.07, 6.45) is 0. The van der Waals surface area contributed by atoms with Gasteiger partial charge in [-0.2, -0.15) is 12.7 Å². The van der Waals surface area contributed by atoms with Crippen LogP contribution in [0.5, 0.6) is 0 Å². The molecule has 4 aromatic rings. The van der Waals surface area contributed by atoms with Crippen molar-refractivity contribution < 1.29 is 8.42 Å². The molecule has 4 rings (SSSR count). The summed E-state index contributed by atoms with van der Waals surface area (Å²) >= 11 is 0. The quantitative estimate of drug-likeness (QED) is 0.569. The van der Waals surface area contributed by atoms with Crippen molar-refractivity contribution in [3.8, 4) is 11.1 Å². The molecule has 5 nitrogen and oxygen atoms in total. The Bertz CT molecular complexity index is 1210. The summed E-state index contributed by atoms with van der Waals surface area (Å²) in [5.41, 5.74) is 4.38. The monoisotopic (exact) mass is 365 g/mol. The van der Waals surface area contributed by atoms with Gasteiger partial charge in [0.2, 0.25) is 0 Å². The maximum absolute atomic E-state index is 12.3. The summed E-state index contributed by atoms with van der Waals surface area (Å²) in [5, 5.41) is 2.26. The van der Waals surface area contributed by atoms with E-state index in [0.717, 1.165) is 37.2 Å². The summed E-state index contributed by atoms with van der Waals surface area (Å²) in [7, 11) is -0.580. The molecule has 3 aromatic carbocycles. The molecular formula is C20H19N3O2S. The molecule has 0 spiro atoms. The highest BCUT2D eigenvalue weighted by Crippen LogP contribution is 2.36. The zero-order chi connectivity index (χ0) is 18.3. The Hall–Kier alpha value is -2.83. The summed E-state index contributed by atoms with van der Waals surface area (Å²) in [6, 6.07) is 21.6. The summed E-state index contributed by atoms with van der Waals surface area (Å²) in [6.45, 7) is 0. The van der Waals surface area contributed by atoms with Gasteiger partial charge in [0.25, 0.3) is 0 Å². The van der Waals surface area contributed by atoms with Crippen LogP contribution < -0.4 is 4.72 Å². The fourth-order valence-electron chi connectivity index (χ4n) is 3.13. The highest BCUT2D eigenvalue weighted by atomic mass is 32.2. The minimum Gasteiger partial charge on any atom is -0.354 e. The first-order valence-corrected chi connectivity index (χ1v) is 9.70. The molecule has 0 radical (unpaired) electrons. The van der Waals surface area contributed by atoms with Gasteiger partial charge in [0.05, 0.1) is 11.2 Å². The first-order chi connectivity index (χ1) is 12.5. The smallest absolute Gasteiger partial charge is 0.301 e. The van der Waals surface area contributed by atoms with Crippen molar-refractivity contribution in [1.82, 2.24) is 9.29 Å². The first-order valence-electron chi connectivity index (χ1n) is 8.26. The Kier molecular flexibility index (Phi) is 3.94. The average molecular weight is 365 g/mol. The highest BCUT2D eigenvalue weighted by Gasteiger charge is 2.17. The van der Waals surface area contributed by atoms with E-state index in [9.17, 15) is 8.42 Å². The van der Waals surface area contributed by atoms with Gasteiger partial charge in [-0.05, 0) is 12.1 Å². The van der Waals surface area contributed by atoms with Gasteiger partial charge < -0.3 is 4.98 Å². The van der Waals surface area contributed by atoms with Crippen molar-refractivity contribution >= 4 is 37.7 Å². The van der Waals surface area contributed by atoms with Crippen LogP contribution in [0.25, 0.3) is 32.9 Å². The third-order valence-electron chi connectivity index (χ3n) is 4.48. The minimum absolute atomic E-state index is 0.548. The van der Waals surface area contributed by atoms with E-state index in [-0.39, 0.29) is 0 Å². The van der Waals surface area contributed by atoms with Crippen molar-refractivity contribution in [1.29, 1.82) is 0 Å². The normalized spacial score (nSPS) is 12.1. The van der Waals surface area contributed by atoms with Crippen LogP contribution in [0.3, 0.4) is 0 Å². The Labute approximate surface area is 152 Å². The lowest BCUT2D eigenvalue weighted by Gasteiger charge is -2.16. The highest BCUT2D eigenvalue weighted by molar-refractivity contribution is 7.90. The molecule has 6 heteroatoms. The lowest BCUT2D eigenvalue weighted by Crippen LogP contribution is -2.29. The van der Waals surface area contributed by atoms with E-state index in [0.29, 0.717) is 5.69 Å². The number of nitrogens with one attached hydrogen (secondary N) is 2. The SMILES string of the molecule is CN(C)S(=O)(=O)Nc1ccccc1-c1cccc2c1[nH]c1ccccc12. The largest absolute Gasteiger partial charge is 0.354 e. The lowest BCUT2D eigenvalue weighted by atomic mass is 10.0. The standard InChI is InChI=1S/C20H19N3O2S/c1-23(2)26(24,25)22-19-13-6-4-9-15(19)17-11-7-10-16-14-8-3-5-12-18(14)21-20(16)17/h3-13,21-22H,1-2H3. The predicted molar refractivity (Wildman–Crippen MR) is 107 cm³/mol. The summed E-state index contributed by atoms with van der Waals surface area (Å²) in [4.78, 5) is 3.47. The number of fused-ring (bicyclic) bond motifs is 3. The number of para-hydroxylation sites is 3. The van der Waals surface area contributed by atoms with Crippen molar-refractivity contribution in [2.24, 2.45) is 0 Å². The number of rotatable bonds is 4. The third-order valence-corrected chi connectivity index (χ3v) is 5.92. The van der Waals surface area contributed by atoms with Crippen molar-refractivity contribution in [3.05, 3.63) is 66.7 Å². The molecule has 1 aromatic heterocycles. The molecule has 2 N–H and O–H groups in total. The number of anilines is 1. The third kappa shape index (κ3) is 2.73. The Balaban J connectivity index is 1.94. The number of aromatic amines is 1. The van der Waals surface area contributed by atoms with Crippen LogP contribution in [0.4, 0.5) is 5.69 Å². The number of aromatic nitrogens is 1. The molecular weight excluding hydrogens is 346 g/mol. The summed E-state index contributed by atoms with van der Waals surface area (Å²) in [5.74, 6) is 0. The van der Waals surface area contributed by atoms with Gasteiger partial charge >= 0.3 is 10.2 Å². The second-order valence-corrected chi connectivity index (χ2v) is 8.22. The molecule has 0 fully saturated rings. The first kappa shape index (κ1) is 16.6. The van der Waals surface area contributed by atoms with Crippen molar-refractivity contribution in [2.45, 2.75) is 0 Å². The number of nitrogens with zero attached hydrogens (tertiary/aromatic N) is 1. The van der Waals surface area contributed by atoms with Gasteiger partial charge in [0, 0.05) is 41.5 Å².